The van der Waals surface area contributed by atoms with Gasteiger partial charge in [0.05, 0.1) is 0 Å². The second kappa shape index (κ2) is 31.6. The molecule has 6 N–H and O–H groups in total. The standard InChI is InChI=1S/C3H6O2.2C2H6O.H3N/c1-2-3(4)5;2*1-2-3;/h2H2,1H3,(H,4,5);2*3H,2H2,1H3;1H3. The number of carbonyl (C=O) groups is 1. The third-order valence-corrected chi connectivity index (χ3v) is 0.289. The molecule has 0 saturated heterocycles. The van der Waals surface area contributed by atoms with Crippen LogP contribution in [-0.2, 0) is 4.79 Å². The molecule has 0 unspecified atom stereocenters. The van der Waals surface area contributed by atoms with E-state index in [-0.39, 0.29) is 25.8 Å². The van der Waals surface area contributed by atoms with Crippen molar-refractivity contribution in [1.29, 1.82) is 0 Å². The number of hydrogen-bond acceptors (Lipinski definition) is 4. The molecule has 0 spiro atoms. The summed E-state index contributed by atoms with van der Waals surface area (Å²) in [6.07, 6.45) is 0.111. The number of aliphatic hydroxyl groups excluding tert-OH is 2. The van der Waals surface area contributed by atoms with Gasteiger partial charge in [0.25, 0.3) is 0 Å². The fourth-order valence-corrected chi connectivity index (χ4v) is 0. The molecule has 5 heteroatoms. The van der Waals surface area contributed by atoms with E-state index in [1.54, 1.807) is 13.8 Å². The monoisotopic (exact) mass is 183 g/mol. The van der Waals surface area contributed by atoms with Gasteiger partial charge < -0.3 is 26.3 Å². The van der Waals surface area contributed by atoms with Crippen molar-refractivity contribution in [3.8, 4) is 0 Å². The average Bonchev–Trinajstić information content (AvgIpc) is 1.91. The van der Waals surface area contributed by atoms with Gasteiger partial charge in [-0.25, -0.2) is 0 Å². The molecule has 0 saturated carbocycles. The van der Waals surface area contributed by atoms with E-state index in [2.05, 4.69) is 0 Å². The number of carbonyl (C=O) groups excluding carboxylic acids is 1. The van der Waals surface area contributed by atoms with E-state index in [0.29, 0.717) is 0 Å². The van der Waals surface area contributed by atoms with Crippen LogP contribution in [-0.4, -0.2) is 29.4 Å². The van der Waals surface area contributed by atoms with E-state index in [9.17, 15) is 9.90 Å². The fourth-order valence-electron chi connectivity index (χ4n) is 0. The Labute approximate surface area is 73.6 Å². The van der Waals surface area contributed by atoms with E-state index in [0.717, 1.165) is 0 Å². The van der Waals surface area contributed by atoms with Gasteiger partial charge >= 0.3 is 0 Å². The van der Waals surface area contributed by atoms with Crippen molar-refractivity contribution in [2.24, 2.45) is 0 Å². The average molecular weight is 183 g/mol. The van der Waals surface area contributed by atoms with Crippen LogP contribution in [0.5, 0.6) is 0 Å². The maximum Gasteiger partial charge on any atom is 0.0411 e. The van der Waals surface area contributed by atoms with Crippen LogP contribution in [0.1, 0.15) is 27.2 Å². The van der Waals surface area contributed by atoms with Crippen molar-refractivity contribution < 1.29 is 20.1 Å². The minimum Gasteiger partial charge on any atom is -0.550 e. The molecule has 0 aliphatic carbocycles. The molecule has 5 nitrogen and oxygen atoms in total. The number of aliphatic hydroxyl groups is 2. The first kappa shape index (κ1) is 22.5. The smallest absolute Gasteiger partial charge is 0.0411 e. The minimum absolute atomic E-state index is 0. The molecule has 0 heterocycles. The van der Waals surface area contributed by atoms with Crippen LogP contribution in [0.4, 0.5) is 0 Å². The third-order valence-electron chi connectivity index (χ3n) is 0.289. The van der Waals surface area contributed by atoms with Crippen molar-refractivity contribution in [3.05, 3.63) is 0 Å². The molecule has 0 aromatic heterocycles. The van der Waals surface area contributed by atoms with Crippen LogP contribution in [0.15, 0.2) is 0 Å². The molecule has 0 bridgehead atoms. The molecular formula is C7H21NO4. The number of quaternary nitrogens is 1. The van der Waals surface area contributed by atoms with Gasteiger partial charge in [-0.15, -0.1) is 0 Å². The van der Waals surface area contributed by atoms with Gasteiger partial charge in [0.1, 0.15) is 0 Å². The first-order valence-corrected chi connectivity index (χ1v) is 3.52. The Morgan fingerprint density at radius 1 is 1.17 bits per heavy atom. The number of hydrogen-bond donors (Lipinski definition) is 3. The summed E-state index contributed by atoms with van der Waals surface area (Å²) in [4.78, 5) is 9.26. The summed E-state index contributed by atoms with van der Waals surface area (Å²) >= 11 is 0. The van der Waals surface area contributed by atoms with Gasteiger partial charge in [0.2, 0.25) is 0 Å². The van der Waals surface area contributed by atoms with Crippen molar-refractivity contribution in [2.75, 3.05) is 13.2 Å². The molecule has 0 atom stereocenters. The molecule has 0 amide bonds. The first-order chi connectivity index (χ1) is 5.10. The zero-order valence-corrected chi connectivity index (χ0v) is 8.33. The Hall–Kier alpha value is -0.650. The van der Waals surface area contributed by atoms with Crippen LogP contribution >= 0.6 is 0 Å². The summed E-state index contributed by atoms with van der Waals surface area (Å²) in [5.41, 5.74) is 0. The molecule has 0 fully saturated rings. The molecule has 0 aromatic carbocycles. The minimum atomic E-state index is -0.995. The summed E-state index contributed by atoms with van der Waals surface area (Å²) in [6.45, 7) is 5.40. The zero-order valence-electron chi connectivity index (χ0n) is 8.33. The number of rotatable bonds is 1. The highest BCUT2D eigenvalue weighted by atomic mass is 16.4. The van der Waals surface area contributed by atoms with Gasteiger partial charge in [-0.1, -0.05) is 6.92 Å². The first-order valence-electron chi connectivity index (χ1n) is 3.52. The topological polar surface area (TPSA) is 117 Å². The largest absolute Gasteiger partial charge is 0.550 e. The highest BCUT2D eigenvalue weighted by Crippen LogP contribution is 1.61. The normalized spacial score (nSPS) is 6.08. The summed E-state index contributed by atoms with van der Waals surface area (Å²) in [6, 6.07) is 0. The van der Waals surface area contributed by atoms with E-state index < -0.39 is 5.97 Å². The van der Waals surface area contributed by atoms with E-state index in [4.69, 9.17) is 10.2 Å². The van der Waals surface area contributed by atoms with Crippen molar-refractivity contribution in [3.63, 3.8) is 0 Å². The van der Waals surface area contributed by atoms with Crippen LogP contribution in [0.25, 0.3) is 0 Å². The Balaban J connectivity index is -0.0000000406. The predicted molar refractivity (Wildman–Crippen MR) is 46.8 cm³/mol. The van der Waals surface area contributed by atoms with E-state index in [1.165, 1.54) is 6.92 Å². The van der Waals surface area contributed by atoms with Gasteiger partial charge in [0, 0.05) is 19.2 Å². The molecular weight excluding hydrogens is 162 g/mol. The number of carboxylic acid groups (broad SMARTS) is 1. The lowest BCUT2D eigenvalue weighted by molar-refractivity contribution is -0.305. The maximum atomic E-state index is 9.26. The Kier molecular flexibility index (Phi) is 59.3. The number of aliphatic carboxylic acids is 1. The second-order valence-corrected chi connectivity index (χ2v) is 1.36. The molecule has 0 aliphatic heterocycles. The fraction of sp³-hybridized carbons (Fsp3) is 0.857. The lowest BCUT2D eigenvalue weighted by atomic mass is 10.5. The Morgan fingerprint density at radius 2 is 1.25 bits per heavy atom. The van der Waals surface area contributed by atoms with Crippen molar-refractivity contribution in [1.82, 2.24) is 6.15 Å². The Bertz CT molecular complexity index is 66.4. The zero-order chi connectivity index (χ0) is 9.70. The lowest BCUT2D eigenvalue weighted by Crippen LogP contribution is -2.19. The van der Waals surface area contributed by atoms with E-state index >= 15 is 0 Å². The summed E-state index contributed by atoms with van der Waals surface area (Å²) in [7, 11) is 0. The van der Waals surface area contributed by atoms with E-state index in [1.807, 2.05) is 0 Å². The lowest BCUT2D eigenvalue weighted by Gasteiger charge is -1.87. The summed E-state index contributed by atoms with van der Waals surface area (Å²) in [5.74, 6) is -0.995. The highest BCUT2D eigenvalue weighted by molar-refractivity contribution is 5.63. The van der Waals surface area contributed by atoms with Crippen LogP contribution in [0.3, 0.4) is 0 Å². The second-order valence-electron chi connectivity index (χ2n) is 1.36. The van der Waals surface area contributed by atoms with Gasteiger partial charge in [-0.2, -0.15) is 0 Å². The summed E-state index contributed by atoms with van der Waals surface area (Å²) < 4.78 is 0. The van der Waals surface area contributed by atoms with Crippen LogP contribution in [0.2, 0.25) is 0 Å². The van der Waals surface area contributed by atoms with Crippen LogP contribution in [0, 0.1) is 0 Å². The SMILES string of the molecule is CCC(=O)[O-].CCO.CCO.[NH4+]. The summed E-state index contributed by atoms with van der Waals surface area (Å²) in [5, 5.41) is 24.4. The van der Waals surface area contributed by atoms with Crippen molar-refractivity contribution >= 4 is 5.97 Å². The van der Waals surface area contributed by atoms with Gasteiger partial charge in [-0.3, -0.25) is 0 Å². The van der Waals surface area contributed by atoms with Gasteiger partial charge in [0.15, 0.2) is 0 Å². The molecule has 0 rings (SSSR count). The molecule has 12 heavy (non-hydrogen) atoms. The highest BCUT2D eigenvalue weighted by Gasteiger charge is 1.65. The Morgan fingerprint density at radius 3 is 1.25 bits per heavy atom. The quantitative estimate of drug-likeness (QED) is 0.508. The number of carboxylic acids is 1. The van der Waals surface area contributed by atoms with Gasteiger partial charge in [-0.05, 0) is 20.3 Å². The molecule has 0 aliphatic rings. The molecule has 0 radical (unpaired) electrons. The predicted octanol–water partition coefficient (Wildman–Crippen LogP) is -0.480. The molecule has 0 aromatic rings. The molecule has 78 valence electrons. The maximum absolute atomic E-state index is 9.26. The third kappa shape index (κ3) is 358. The van der Waals surface area contributed by atoms with Crippen LogP contribution < -0.4 is 11.3 Å². The van der Waals surface area contributed by atoms with Crippen molar-refractivity contribution in [2.45, 2.75) is 27.2 Å².